The van der Waals surface area contributed by atoms with Gasteiger partial charge in [-0.05, 0) is 19.4 Å². The maximum Gasteiger partial charge on any atom is 0.333 e. The van der Waals surface area contributed by atoms with E-state index in [-0.39, 0.29) is 12.1 Å². The van der Waals surface area contributed by atoms with Gasteiger partial charge in [0.1, 0.15) is 12.7 Å². The number of epoxide rings is 1. The molecule has 1 aliphatic heterocycles. The molecule has 0 N–H and O–H groups in total. The van der Waals surface area contributed by atoms with E-state index < -0.39 is 0 Å². The zero-order valence-corrected chi connectivity index (χ0v) is 12.9. The summed E-state index contributed by atoms with van der Waals surface area (Å²) in [6, 6.07) is 10.0. The lowest BCUT2D eigenvalue weighted by Gasteiger charge is -1.99. The van der Waals surface area contributed by atoms with Crippen molar-refractivity contribution in [3.63, 3.8) is 0 Å². The molecule has 0 spiro atoms. The van der Waals surface area contributed by atoms with E-state index in [1.165, 1.54) is 5.56 Å². The summed E-state index contributed by atoms with van der Waals surface area (Å²) in [5, 5.41) is 0. The van der Waals surface area contributed by atoms with Crippen LogP contribution in [-0.2, 0) is 14.3 Å². The molecule has 114 valence electrons. The Kier molecular flexibility index (Phi) is 10.5. The predicted octanol–water partition coefficient (Wildman–Crippen LogP) is 4.03. The van der Waals surface area contributed by atoms with Gasteiger partial charge in [0.15, 0.2) is 0 Å². The zero-order valence-electron chi connectivity index (χ0n) is 12.9. The largest absolute Gasteiger partial charge is 0.459 e. The van der Waals surface area contributed by atoms with Gasteiger partial charge >= 0.3 is 5.97 Å². The second-order valence-corrected chi connectivity index (χ2v) is 4.36. The van der Waals surface area contributed by atoms with Crippen LogP contribution in [0.5, 0.6) is 0 Å². The van der Waals surface area contributed by atoms with E-state index >= 15 is 0 Å². The minimum absolute atomic E-state index is 0.142. The minimum Gasteiger partial charge on any atom is -0.459 e. The Balaban J connectivity index is 0.000000327. The number of ether oxygens (including phenoxy) is 2. The lowest BCUT2D eigenvalue weighted by atomic mass is 10.2. The molecule has 1 aromatic carbocycles. The van der Waals surface area contributed by atoms with E-state index in [9.17, 15) is 4.79 Å². The molecule has 0 bridgehead atoms. The summed E-state index contributed by atoms with van der Waals surface area (Å²) in [5.74, 6) is -0.337. The minimum atomic E-state index is -0.337. The first-order valence-corrected chi connectivity index (χ1v) is 6.73. The maximum absolute atomic E-state index is 10.7. The monoisotopic (exact) mass is 288 g/mol. The van der Waals surface area contributed by atoms with Gasteiger partial charge in [0.25, 0.3) is 0 Å². The summed E-state index contributed by atoms with van der Waals surface area (Å²) in [6.07, 6.45) is 3.73. The molecule has 1 aromatic rings. The Labute approximate surface area is 127 Å². The Morgan fingerprint density at radius 3 is 2.24 bits per heavy atom. The highest BCUT2D eigenvalue weighted by atomic mass is 16.6. The number of esters is 1. The van der Waals surface area contributed by atoms with Crippen LogP contribution >= 0.6 is 0 Å². The van der Waals surface area contributed by atoms with Gasteiger partial charge in [-0.15, -0.1) is 6.58 Å². The van der Waals surface area contributed by atoms with E-state index in [0.717, 1.165) is 0 Å². The fraction of sp³-hybridized carbons (Fsp3) is 0.278. The number of carbonyl (C=O) groups excluding carboxylic acids is 1. The first kappa shape index (κ1) is 18.9. The zero-order chi connectivity index (χ0) is 16.1. The van der Waals surface area contributed by atoms with E-state index in [1.54, 1.807) is 13.0 Å². The van der Waals surface area contributed by atoms with Crippen LogP contribution in [0.2, 0.25) is 0 Å². The number of hydrogen-bond acceptors (Lipinski definition) is 3. The van der Waals surface area contributed by atoms with Gasteiger partial charge in [0, 0.05) is 5.57 Å². The molecular formula is C18H24O3. The molecule has 1 heterocycles. The summed E-state index contributed by atoms with van der Waals surface area (Å²) in [7, 11) is 0. The summed E-state index contributed by atoms with van der Waals surface area (Å²) in [4.78, 5) is 10.7. The van der Waals surface area contributed by atoms with Gasteiger partial charge in [0.05, 0.1) is 6.61 Å². The molecular weight excluding hydrogens is 264 g/mol. The van der Waals surface area contributed by atoms with Crippen molar-refractivity contribution in [2.24, 2.45) is 0 Å². The van der Waals surface area contributed by atoms with E-state index in [1.807, 2.05) is 43.3 Å². The van der Waals surface area contributed by atoms with Crippen LogP contribution in [0.3, 0.4) is 0 Å². The van der Waals surface area contributed by atoms with Crippen molar-refractivity contribution in [3.05, 3.63) is 67.3 Å². The molecule has 2 rings (SSSR count). The van der Waals surface area contributed by atoms with E-state index in [2.05, 4.69) is 19.7 Å². The fourth-order valence-corrected chi connectivity index (χ4v) is 1.05. The SMILES string of the molecule is C=C(C)C(=O)OCC1CO1.C=CC.C=Cc1ccccc1. The lowest BCUT2D eigenvalue weighted by Crippen LogP contribution is -2.09. The van der Waals surface area contributed by atoms with Crippen LogP contribution in [0.25, 0.3) is 6.08 Å². The molecule has 0 aliphatic carbocycles. The van der Waals surface area contributed by atoms with Crippen LogP contribution in [-0.4, -0.2) is 25.3 Å². The number of carbonyl (C=O) groups is 1. The first-order valence-electron chi connectivity index (χ1n) is 6.73. The Hall–Kier alpha value is -2.13. The van der Waals surface area contributed by atoms with E-state index in [0.29, 0.717) is 18.8 Å². The van der Waals surface area contributed by atoms with Crippen molar-refractivity contribution in [2.75, 3.05) is 13.2 Å². The number of allylic oxidation sites excluding steroid dienone is 1. The second-order valence-electron chi connectivity index (χ2n) is 4.36. The normalized spacial score (nSPS) is 14.3. The van der Waals surface area contributed by atoms with Crippen LogP contribution in [0.15, 0.2) is 61.7 Å². The summed E-state index contributed by atoms with van der Waals surface area (Å²) < 4.78 is 9.60. The molecule has 1 saturated heterocycles. The van der Waals surface area contributed by atoms with Crippen molar-refractivity contribution >= 4 is 12.0 Å². The number of benzene rings is 1. The van der Waals surface area contributed by atoms with Gasteiger partial charge in [-0.3, -0.25) is 0 Å². The summed E-state index contributed by atoms with van der Waals surface area (Å²) >= 11 is 0. The smallest absolute Gasteiger partial charge is 0.333 e. The average molecular weight is 288 g/mol. The van der Waals surface area contributed by atoms with Gasteiger partial charge in [-0.1, -0.05) is 55.6 Å². The Morgan fingerprint density at radius 1 is 1.38 bits per heavy atom. The van der Waals surface area contributed by atoms with Crippen molar-refractivity contribution in [1.82, 2.24) is 0 Å². The van der Waals surface area contributed by atoms with E-state index in [4.69, 9.17) is 9.47 Å². The number of rotatable bonds is 4. The predicted molar refractivity (Wildman–Crippen MR) is 87.9 cm³/mol. The molecule has 1 aliphatic rings. The maximum atomic E-state index is 10.7. The van der Waals surface area contributed by atoms with Crippen molar-refractivity contribution < 1.29 is 14.3 Å². The fourth-order valence-electron chi connectivity index (χ4n) is 1.05. The lowest BCUT2D eigenvalue weighted by molar-refractivity contribution is -0.139. The molecule has 3 nitrogen and oxygen atoms in total. The third-order valence-corrected chi connectivity index (χ3v) is 2.19. The molecule has 0 amide bonds. The first-order chi connectivity index (χ1) is 10.0. The standard InChI is InChI=1S/C8H8.C7H10O3.C3H6/c1-2-8-6-4-3-5-7-8;1-5(2)7(8)10-4-6-3-9-6;1-3-2/h2-7H,1H2;6H,1,3-4H2,2H3;3H,1H2,2H3. The quantitative estimate of drug-likeness (QED) is 0.363. The highest BCUT2D eigenvalue weighted by Crippen LogP contribution is 2.09. The average Bonchev–Trinajstić information content (AvgIpc) is 3.31. The van der Waals surface area contributed by atoms with Crippen molar-refractivity contribution in [2.45, 2.75) is 20.0 Å². The molecule has 1 fully saturated rings. The highest BCUT2D eigenvalue weighted by molar-refractivity contribution is 5.86. The van der Waals surface area contributed by atoms with Gasteiger partial charge in [-0.25, -0.2) is 4.79 Å². The highest BCUT2D eigenvalue weighted by Gasteiger charge is 2.24. The third kappa shape index (κ3) is 11.4. The molecule has 3 heteroatoms. The third-order valence-electron chi connectivity index (χ3n) is 2.19. The molecule has 21 heavy (non-hydrogen) atoms. The topological polar surface area (TPSA) is 38.8 Å². The van der Waals surface area contributed by atoms with Crippen LogP contribution in [0.1, 0.15) is 19.4 Å². The van der Waals surface area contributed by atoms with Crippen molar-refractivity contribution in [1.29, 1.82) is 0 Å². The molecule has 0 saturated carbocycles. The molecule has 1 atom stereocenters. The molecule has 1 unspecified atom stereocenters. The number of hydrogen-bond donors (Lipinski definition) is 0. The molecule has 0 aromatic heterocycles. The summed E-state index contributed by atoms with van der Waals surface area (Å²) in [5.41, 5.74) is 1.60. The Bertz CT molecular complexity index is 445. The van der Waals surface area contributed by atoms with Crippen LogP contribution in [0.4, 0.5) is 0 Å². The van der Waals surface area contributed by atoms with Gasteiger partial charge in [0.2, 0.25) is 0 Å². The Morgan fingerprint density at radius 2 is 1.90 bits per heavy atom. The van der Waals surface area contributed by atoms with Crippen molar-refractivity contribution in [3.8, 4) is 0 Å². The second kappa shape index (κ2) is 11.7. The summed E-state index contributed by atoms with van der Waals surface area (Å²) in [6.45, 7) is 15.0. The van der Waals surface area contributed by atoms with Crippen LogP contribution < -0.4 is 0 Å². The van der Waals surface area contributed by atoms with Gasteiger partial charge in [-0.2, -0.15) is 0 Å². The van der Waals surface area contributed by atoms with Crippen LogP contribution in [0, 0.1) is 0 Å². The van der Waals surface area contributed by atoms with Gasteiger partial charge < -0.3 is 9.47 Å². The molecule has 0 radical (unpaired) electrons.